The maximum atomic E-state index is 10.5. The standard InChI is InChI=1S/C11H18O2/c1-3-5-6-7-8-9-10(4-2)11(12)13/h4,7-8H,3,5-6,9H2,1-2H3,(H,12,13). The second-order valence-electron chi connectivity index (χ2n) is 2.94. The third-order valence-corrected chi connectivity index (χ3v) is 1.85. The molecule has 0 aromatic rings. The van der Waals surface area contributed by atoms with Gasteiger partial charge in [-0.05, 0) is 19.8 Å². The molecule has 0 rings (SSSR count). The summed E-state index contributed by atoms with van der Waals surface area (Å²) in [5.41, 5.74) is 0.466. The number of rotatable bonds is 6. The zero-order valence-electron chi connectivity index (χ0n) is 8.42. The van der Waals surface area contributed by atoms with Crippen molar-refractivity contribution in [2.24, 2.45) is 0 Å². The third kappa shape index (κ3) is 6.14. The maximum absolute atomic E-state index is 10.5. The lowest BCUT2D eigenvalue weighted by molar-refractivity contribution is -0.132. The molecule has 2 heteroatoms. The van der Waals surface area contributed by atoms with Gasteiger partial charge in [0.15, 0.2) is 0 Å². The average Bonchev–Trinajstić information content (AvgIpc) is 2.10. The Morgan fingerprint density at radius 3 is 2.54 bits per heavy atom. The van der Waals surface area contributed by atoms with Crippen LogP contribution in [0.15, 0.2) is 23.8 Å². The van der Waals surface area contributed by atoms with E-state index in [2.05, 4.69) is 13.0 Å². The van der Waals surface area contributed by atoms with Crippen molar-refractivity contribution < 1.29 is 9.90 Å². The number of unbranched alkanes of at least 4 members (excludes halogenated alkanes) is 2. The Bertz CT molecular complexity index is 202. The van der Waals surface area contributed by atoms with E-state index in [-0.39, 0.29) is 0 Å². The molecule has 0 aliphatic rings. The zero-order valence-corrected chi connectivity index (χ0v) is 8.42. The van der Waals surface area contributed by atoms with Gasteiger partial charge in [-0.2, -0.15) is 0 Å². The first-order chi connectivity index (χ1) is 6.22. The molecule has 0 bridgehead atoms. The molecule has 0 radical (unpaired) electrons. The minimum atomic E-state index is -0.817. The molecule has 2 nitrogen and oxygen atoms in total. The van der Waals surface area contributed by atoms with Crippen LogP contribution < -0.4 is 0 Å². The molecule has 0 saturated carbocycles. The van der Waals surface area contributed by atoms with E-state index in [1.165, 1.54) is 12.8 Å². The molecule has 0 atom stereocenters. The molecular weight excluding hydrogens is 164 g/mol. The predicted octanol–water partition coefficient (Wildman–Crippen LogP) is 3.15. The summed E-state index contributed by atoms with van der Waals surface area (Å²) in [5, 5.41) is 8.67. The fourth-order valence-electron chi connectivity index (χ4n) is 0.979. The molecule has 0 aromatic carbocycles. The Morgan fingerprint density at radius 2 is 2.08 bits per heavy atom. The van der Waals surface area contributed by atoms with Crippen LogP contribution in [0, 0.1) is 0 Å². The summed E-state index contributed by atoms with van der Waals surface area (Å²) in [6.07, 6.45) is 9.57. The minimum absolute atomic E-state index is 0.466. The molecule has 0 spiro atoms. The van der Waals surface area contributed by atoms with Crippen molar-refractivity contribution in [3.63, 3.8) is 0 Å². The summed E-state index contributed by atoms with van der Waals surface area (Å²) in [6, 6.07) is 0. The van der Waals surface area contributed by atoms with Crippen LogP contribution >= 0.6 is 0 Å². The average molecular weight is 182 g/mol. The molecule has 0 amide bonds. The fraction of sp³-hybridized carbons (Fsp3) is 0.545. The molecule has 0 heterocycles. The normalized spacial score (nSPS) is 12.3. The van der Waals surface area contributed by atoms with E-state index >= 15 is 0 Å². The first-order valence-electron chi connectivity index (χ1n) is 4.75. The molecule has 0 fully saturated rings. The number of hydrogen-bond acceptors (Lipinski definition) is 1. The SMILES string of the molecule is CC=C(CC=CCCCC)C(=O)O. The monoisotopic (exact) mass is 182 g/mol. The van der Waals surface area contributed by atoms with Gasteiger partial charge in [0.2, 0.25) is 0 Å². The summed E-state index contributed by atoms with van der Waals surface area (Å²) in [6.45, 7) is 3.89. The van der Waals surface area contributed by atoms with Gasteiger partial charge >= 0.3 is 5.97 Å². The van der Waals surface area contributed by atoms with Crippen molar-refractivity contribution in [3.05, 3.63) is 23.8 Å². The van der Waals surface area contributed by atoms with Crippen LogP contribution in [0.2, 0.25) is 0 Å². The highest BCUT2D eigenvalue weighted by atomic mass is 16.4. The van der Waals surface area contributed by atoms with E-state index in [1.54, 1.807) is 13.0 Å². The van der Waals surface area contributed by atoms with Crippen molar-refractivity contribution in [2.75, 3.05) is 0 Å². The topological polar surface area (TPSA) is 37.3 Å². The minimum Gasteiger partial charge on any atom is -0.478 e. The van der Waals surface area contributed by atoms with Crippen LogP contribution in [-0.2, 0) is 4.79 Å². The van der Waals surface area contributed by atoms with Crippen molar-refractivity contribution in [1.29, 1.82) is 0 Å². The molecule has 0 aromatic heterocycles. The molecule has 0 unspecified atom stereocenters. The summed E-state index contributed by atoms with van der Waals surface area (Å²) in [7, 11) is 0. The molecular formula is C11H18O2. The second kappa shape index (κ2) is 7.59. The number of carboxylic acid groups (broad SMARTS) is 1. The van der Waals surface area contributed by atoms with Crippen LogP contribution in [0.4, 0.5) is 0 Å². The van der Waals surface area contributed by atoms with Crippen molar-refractivity contribution in [3.8, 4) is 0 Å². The van der Waals surface area contributed by atoms with E-state index in [0.29, 0.717) is 12.0 Å². The van der Waals surface area contributed by atoms with Crippen LogP contribution in [0.25, 0.3) is 0 Å². The van der Waals surface area contributed by atoms with E-state index in [9.17, 15) is 4.79 Å². The number of allylic oxidation sites excluding steroid dienone is 3. The van der Waals surface area contributed by atoms with Gasteiger partial charge in [-0.3, -0.25) is 0 Å². The lowest BCUT2D eigenvalue weighted by atomic mass is 10.1. The first kappa shape index (κ1) is 11.9. The van der Waals surface area contributed by atoms with Crippen LogP contribution in [0.5, 0.6) is 0 Å². The van der Waals surface area contributed by atoms with Crippen LogP contribution in [-0.4, -0.2) is 11.1 Å². The van der Waals surface area contributed by atoms with Gasteiger partial charge in [0.05, 0.1) is 0 Å². The Hall–Kier alpha value is -1.05. The quantitative estimate of drug-likeness (QED) is 0.389. The lowest BCUT2D eigenvalue weighted by Crippen LogP contribution is -1.98. The van der Waals surface area contributed by atoms with Crippen molar-refractivity contribution in [2.45, 2.75) is 39.5 Å². The Morgan fingerprint density at radius 1 is 1.38 bits per heavy atom. The van der Waals surface area contributed by atoms with Crippen molar-refractivity contribution in [1.82, 2.24) is 0 Å². The van der Waals surface area contributed by atoms with E-state index in [4.69, 9.17) is 5.11 Å². The van der Waals surface area contributed by atoms with Crippen LogP contribution in [0.1, 0.15) is 39.5 Å². The molecule has 0 aliphatic carbocycles. The lowest BCUT2D eigenvalue weighted by Gasteiger charge is -1.95. The Balaban J connectivity index is 3.73. The van der Waals surface area contributed by atoms with Gasteiger partial charge in [-0.1, -0.05) is 38.0 Å². The number of hydrogen-bond donors (Lipinski definition) is 1. The third-order valence-electron chi connectivity index (χ3n) is 1.85. The number of carboxylic acids is 1. The number of carbonyl (C=O) groups is 1. The highest BCUT2D eigenvalue weighted by Gasteiger charge is 2.01. The summed E-state index contributed by atoms with van der Waals surface area (Å²) in [5.74, 6) is -0.817. The molecule has 0 aliphatic heterocycles. The van der Waals surface area contributed by atoms with Gasteiger partial charge in [0.25, 0.3) is 0 Å². The van der Waals surface area contributed by atoms with Gasteiger partial charge in [-0.15, -0.1) is 0 Å². The largest absolute Gasteiger partial charge is 0.478 e. The van der Waals surface area contributed by atoms with Gasteiger partial charge < -0.3 is 5.11 Å². The van der Waals surface area contributed by atoms with Crippen LogP contribution in [0.3, 0.4) is 0 Å². The molecule has 74 valence electrons. The summed E-state index contributed by atoms with van der Waals surface area (Å²) in [4.78, 5) is 10.5. The highest BCUT2D eigenvalue weighted by molar-refractivity contribution is 5.86. The summed E-state index contributed by atoms with van der Waals surface area (Å²) >= 11 is 0. The van der Waals surface area contributed by atoms with E-state index in [1.807, 2.05) is 6.08 Å². The van der Waals surface area contributed by atoms with Crippen molar-refractivity contribution >= 4 is 5.97 Å². The van der Waals surface area contributed by atoms with E-state index < -0.39 is 5.97 Å². The van der Waals surface area contributed by atoms with Gasteiger partial charge in [0, 0.05) is 5.57 Å². The Labute approximate surface area is 80.0 Å². The Kier molecular flexibility index (Phi) is 6.98. The summed E-state index contributed by atoms with van der Waals surface area (Å²) < 4.78 is 0. The molecule has 13 heavy (non-hydrogen) atoms. The smallest absolute Gasteiger partial charge is 0.331 e. The van der Waals surface area contributed by atoms with E-state index in [0.717, 1.165) is 6.42 Å². The maximum Gasteiger partial charge on any atom is 0.331 e. The number of aliphatic carboxylic acids is 1. The fourth-order valence-corrected chi connectivity index (χ4v) is 0.979. The molecule has 0 saturated heterocycles. The second-order valence-corrected chi connectivity index (χ2v) is 2.94. The predicted molar refractivity (Wildman–Crippen MR) is 54.7 cm³/mol. The first-order valence-corrected chi connectivity index (χ1v) is 4.75. The zero-order chi connectivity index (χ0) is 10.1. The highest BCUT2D eigenvalue weighted by Crippen LogP contribution is 2.04. The molecule has 1 N–H and O–H groups in total. The van der Waals surface area contributed by atoms with Gasteiger partial charge in [-0.25, -0.2) is 4.79 Å². The van der Waals surface area contributed by atoms with Gasteiger partial charge in [0.1, 0.15) is 0 Å².